The summed E-state index contributed by atoms with van der Waals surface area (Å²) >= 11 is 1.81. The lowest BCUT2D eigenvalue weighted by Crippen LogP contribution is -2.49. The number of piperidine rings is 1. The zero-order valence-corrected chi connectivity index (χ0v) is 15.2. The number of rotatable bonds is 6. The Morgan fingerprint density at radius 1 is 1.43 bits per heavy atom. The van der Waals surface area contributed by atoms with Gasteiger partial charge >= 0.3 is 6.03 Å². The van der Waals surface area contributed by atoms with Crippen LogP contribution in [0.5, 0.6) is 0 Å². The first-order valence-electron chi connectivity index (χ1n) is 8.33. The van der Waals surface area contributed by atoms with E-state index in [2.05, 4.69) is 39.8 Å². The van der Waals surface area contributed by atoms with Crippen LogP contribution in [0, 0.1) is 6.92 Å². The number of aromatic nitrogens is 1. The molecule has 1 saturated heterocycles. The third-order valence-corrected chi connectivity index (χ3v) is 4.80. The summed E-state index contributed by atoms with van der Waals surface area (Å²) in [4.78, 5) is 18.9. The molecule has 0 unspecified atom stereocenters. The van der Waals surface area contributed by atoms with E-state index < -0.39 is 0 Å². The molecule has 0 aromatic carbocycles. The average Bonchev–Trinajstić information content (AvgIpc) is 2.53. The molecule has 5 nitrogen and oxygen atoms in total. The molecular weight excluding hydrogens is 308 g/mol. The van der Waals surface area contributed by atoms with Crippen LogP contribution in [-0.2, 0) is 0 Å². The summed E-state index contributed by atoms with van der Waals surface area (Å²) < 4.78 is 0. The number of amides is 2. The minimum absolute atomic E-state index is 0.0364. The zero-order valence-electron chi connectivity index (χ0n) is 14.3. The van der Waals surface area contributed by atoms with Gasteiger partial charge < -0.3 is 15.5 Å². The molecule has 1 fully saturated rings. The molecular formula is C17H28N4OS. The van der Waals surface area contributed by atoms with Crippen molar-refractivity contribution in [3.05, 3.63) is 23.9 Å². The second-order valence-electron chi connectivity index (χ2n) is 6.20. The lowest BCUT2D eigenvalue weighted by molar-refractivity contribution is 0.231. The van der Waals surface area contributed by atoms with Gasteiger partial charge in [0.25, 0.3) is 0 Å². The van der Waals surface area contributed by atoms with Crippen molar-refractivity contribution in [2.45, 2.75) is 45.2 Å². The Hall–Kier alpha value is -1.43. The lowest BCUT2D eigenvalue weighted by Gasteiger charge is -2.33. The van der Waals surface area contributed by atoms with Gasteiger partial charge in [-0.25, -0.2) is 9.78 Å². The highest BCUT2D eigenvalue weighted by atomic mass is 32.2. The molecule has 1 aromatic heterocycles. The van der Waals surface area contributed by atoms with Crippen LogP contribution in [-0.4, -0.2) is 48.2 Å². The Balaban J connectivity index is 1.73. The molecule has 0 aliphatic carbocycles. The number of anilines is 1. The van der Waals surface area contributed by atoms with E-state index in [1.54, 1.807) is 0 Å². The maximum absolute atomic E-state index is 12.0. The summed E-state index contributed by atoms with van der Waals surface area (Å²) in [7, 11) is 0. The van der Waals surface area contributed by atoms with Crippen molar-refractivity contribution < 1.29 is 4.79 Å². The molecule has 23 heavy (non-hydrogen) atoms. The van der Waals surface area contributed by atoms with Gasteiger partial charge in [-0.2, -0.15) is 11.8 Å². The van der Waals surface area contributed by atoms with Crippen molar-refractivity contribution in [1.29, 1.82) is 0 Å². The number of nitrogens with zero attached hydrogens (tertiary/aromatic N) is 2. The van der Waals surface area contributed by atoms with E-state index in [1.807, 2.05) is 30.8 Å². The van der Waals surface area contributed by atoms with Gasteiger partial charge in [0.15, 0.2) is 0 Å². The summed E-state index contributed by atoms with van der Waals surface area (Å²) in [5.41, 5.74) is 1.04. The molecule has 2 heterocycles. The predicted molar refractivity (Wildman–Crippen MR) is 98.3 cm³/mol. The van der Waals surface area contributed by atoms with E-state index in [9.17, 15) is 4.79 Å². The number of nitrogens with one attached hydrogen (secondary N) is 2. The molecule has 6 heteroatoms. The minimum Gasteiger partial charge on any atom is -0.356 e. The van der Waals surface area contributed by atoms with Crippen molar-refractivity contribution in [1.82, 2.24) is 15.6 Å². The van der Waals surface area contributed by atoms with Gasteiger partial charge in [0.1, 0.15) is 5.82 Å². The SMILES string of the molecule is CSCC[C@@H](C)NC(=O)NC1CCN(c2cccc(C)n2)CC1. The molecule has 0 radical (unpaired) electrons. The Kier molecular flexibility index (Phi) is 7.02. The van der Waals surface area contributed by atoms with Gasteiger partial charge in [-0.15, -0.1) is 0 Å². The normalized spacial score (nSPS) is 16.9. The van der Waals surface area contributed by atoms with E-state index in [0.717, 1.165) is 49.6 Å². The number of urea groups is 1. The fourth-order valence-corrected chi connectivity index (χ4v) is 3.36. The Bertz CT molecular complexity index is 503. The second kappa shape index (κ2) is 9.01. The van der Waals surface area contributed by atoms with Crippen LogP contribution in [0.15, 0.2) is 18.2 Å². The summed E-state index contributed by atoms with van der Waals surface area (Å²) in [6.45, 7) is 5.94. The van der Waals surface area contributed by atoms with Crippen LogP contribution in [0.4, 0.5) is 10.6 Å². The molecule has 2 amide bonds. The fourth-order valence-electron chi connectivity index (χ4n) is 2.78. The third-order valence-electron chi connectivity index (χ3n) is 4.16. The number of carbonyl (C=O) groups is 1. The summed E-state index contributed by atoms with van der Waals surface area (Å²) in [6.07, 6.45) is 5.01. The monoisotopic (exact) mass is 336 g/mol. The smallest absolute Gasteiger partial charge is 0.315 e. The van der Waals surface area contributed by atoms with Crippen molar-refractivity contribution >= 4 is 23.6 Å². The van der Waals surface area contributed by atoms with Crippen molar-refractivity contribution in [2.75, 3.05) is 30.0 Å². The molecule has 128 valence electrons. The molecule has 1 aliphatic heterocycles. The summed E-state index contributed by atoms with van der Waals surface area (Å²) in [5, 5.41) is 6.13. The fraction of sp³-hybridized carbons (Fsp3) is 0.647. The lowest BCUT2D eigenvalue weighted by atomic mass is 10.1. The first kappa shape index (κ1) is 17.9. The van der Waals surface area contributed by atoms with Gasteiger partial charge in [-0.05, 0) is 57.3 Å². The number of thioether (sulfide) groups is 1. The first-order chi connectivity index (χ1) is 11.1. The largest absolute Gasteiger partial charge is 0.356 e. The number of aryl methyl sites for hydroxylation is 1. The molecule has 1 aliphatic rings. The van der Waals surface area contributed by atoms with Crippen LogP contribution in [0.3, 0.4) is 0 Å². The van der Waals surface area contributed by atoms with Crippen LogP contribution in [0.25, 0.3) is 0 Å². The number of hydrogen-bond donors (Lipinski definition) is 2. The van der Waals surface area contributed by atoms with Crippen molar-refractivity contribution in [2.24, 2.45) is 0 Å². The van der Waals surface area contributed by atoms with Crippen LogP contribution in [0.2, 0.25) is 0 Å². The number of hydrogen-bond acceptors (Lipinski definition) is 4. The molecule has 2 N–H and O–H groups in total. The Morgan fingerprint density at radius 2 is 2.17 bits per heavy atom. The van der Waals surface area contributed by atoms with Gasteiger partial charge in [0.2, 0.25) is 0 Å². The molecule has 2 rings (SSSR count). The van der Waals surface area contributed by atoms with Gasteiger partial charge in [-0.1, -0.05) is 6.07 Å². The molecule has 1 aromatic rings. The van der Waals surface area contributed by atoms with E-state index in [4.69, 9.17) is 0 Å². The van der Waals surface area contributed by atoms with E-state index in [1.165, 1.54) is 0 Å². The van der Waals surface area contributed by atoms with Crippen LogP contribution < -0.4 is 15.5 Å². The van der Waals surface area contributed by atoms with Crippen LogP contribution >= 0.6 is 11.8 Å². The van der Waals surface area contributed by atoms with Gasteiger partial charge in [0, 0.05) is 30.9 Å². The highest BCUT2D eigenvalue weighted by molar-refractivity contribution is 7.98. The van der Waals surface area contributed by atoms with Gasteiger partial charge in [0.05, 0.1) is 0 Å². The molecule has 0 saturated carbocycles. The first-order valence-corrected chi connectivity index (χ1v) is 9.72. The average molecular weight is 337 g/mol. The summed E-state index contributed by atoms with van der Waals surface area (Å²) in [6, 6.07) is 6.56. The van der Waals surface area contributed by atoms with Gasteiger partial charge in [-0.3, -0.25) is 0 Å². The number of pyridine rings is 1. The molecule has 0 bridgehead atoms. The van der Waals surface area contributed by atoms with Crippen LogP contribution in [0.1, 0.15) is 31.9 Å². The van der Waals surface area contributed by atoms with Crippen molar-refractivity contribution in [3.63, 3.8) is 0 Å². The molecule has 0 spiro atoms. The Morgan fingerprint density at radius 3 is 2.83 bits per heavy atom. The quantitative estimate of drug-likeness (QED) is 0.839. The molecule has 1 atom stereocenters. The predicted octanol–water partition coefficient (Wildman–Crippen LogP) is 2.80. The standard InChI is InChI=1S/C17H28N4OS/c1-13-5-4-6-16(18-13)21-10-7-15(8-11-21)20-17(22)19-14(2)9-12-23-3/h4-6,14-15H,7-12H2,1-3H3,(H2,19,20,22)/t14-/m1/s1. The zero-order chi connectivity index (χ0) is 16.7. The maximum Gasteiger partial charge on any atom is 0.315 e. The number of carbonyl (C=O) groups excluding carboxylic acids is 1. The summed E-state index contributed by atoms with van der Waals surface area (Å²) in [5.74, 6) is 2.11. The van der Waals surface area contributed by atoms with E-state index in [0.29, 0.717) is 0 Å². The second-order valence-corrected chi connectivity index (χ2v) is 7.18. The highest BCUT2D eigenvalue weighted by Gasteiger charge is 2.21. The minimum atomic E-state index is -0.0364. The third kappa shape index (κ3) is 5.94. The topological polar surface area (TPSA) is 57.3 Å². The highest BCUT2D eigenvalue weighted by Crippen LogP contribution is 2.18. The van der Waals surface area contributed by atoms with E-state index in [-0.39, 0.29) is 18.1 Å². The van der Waals surface area contributed by atoms with E-state index >= 15 is 0 Å². The Labute approximate surface area is 143 Å². The van der Waals surface area contributed by atoms with Crippen molar-refractivity contribution in [3.8, 4) is 0 Å². The maximum atomic E-state index is 12.0.